The van der Waals surface area contributed by atoms with Gasteiger partial charge in [-0.1, -0.05) is 133 Å². The molecule has 10 aromatic rings. The number of aromatic nitrogens is 3. The van der Waals surface area contributed by atoms with Gasteiger partial charge in [-0.25, -0.2) is 15.0 Å². The summed E-state index contributed by atoms with van der Waals surface area (Å²) in [6.45, 7) is 0. The largest absolute Gasteiger partial charge is 0.456 e. The molecule has 234 valence electrons. The molecule has 0 radical (unpaired) electrons. The van der Waals surface area contributed by atoms with Crippen molar-refractivity contribution in [1.29, 1.82) is 0 Å². The Labute approximate surface area is 292 Å². The summed E-state index contributed by atoms with van der Waals surface area (Å²) < 4.78 is 6.26. The fourth-order valence-corrected chi connectivity index (χ4v) is 7.49. The highest BCUT2D eigenvalue weighted by molar-refractivity contribution is 6.31. The minimum Gasteiger partial charge on any atom is -0.456 e. The first kappa shape index (κ1) is 28.6. The molecule has 0 aliphatic rings. The number of halogens is 1. The first-order valence-electron chi connectivity index (χ1n) is 16.6. The second-order valence-electron chi connectivity index (χ2n) is 12.5. The van der Waals surface area contributed by atoms with Crippen molar-refractivity contribution in [2.45, 2.75) is 0 Å². The lowest BCUT2D eigenvalue weighted by Crippen LogP contribution is -2.01. The topological polar surface area (TPSA) is 51.8 Å². The maximum atomic E-state index is 6.34. The van der Waals surface area contributed by atoms with Crippen molar-refractivity contribution in [3.63, 3.8) is 0 Å². The minimum atomic E-state index is 0.621. The monoisotopic (exact) mass is 659 g/mol. The van der Waals surface area contributed by atoms with Crippen molar-refractivity contribution >= 4 is 65.9 Å². The number of nitrogens with zero attached hydrogens (tertiary/aromatic N) is 3. The lowest BCUT2D eigenvalue weighted by atomic mass is 9.92. The van der Waals surface area contributed by atoms with Gasteiger partial charge in [0, 0.05) is 38.6 Å². The van der Waals surface area contributed by atoms with Crippen LogP contribution >= 0.6 is 11.6 Å². The van der Waals surface area contributed by atoms with E-state index in [4.69, 9.17) is 31.0 Å². The second kappa shape index (κ2) is 11.4. The Hall–Kier alpha value is -6.36. The zero-order valence-corrected chi connectivity index (χ0v) is 27.4. The normalized spacial score (nSPS) is 11.7. The molecule has 0 unspecified atom stereocenters. The van der Waals surface area contributed by atoms with Crippen molar-refractivity contribution in [2.24, 2.45) is 0 Å². The quantitative estimate of drug-likeness (QED) is 0.176. The van der Waals surface area contributed by atoms with E-state index in [1.807, 2.05) is 60.7 Å². The van der Waals surface area contributed by atoms with Crippen LogP contribution in [-0.4, -0.2) is 15.0 Å². The Morgan fingerprint density at radius 1 is 0.380 bits per heavy atom. The molecular weight excluding hydrogens is 634 g/mol. The van der Waals surface area contributed by atoms with Gasteiger partial charge in [0.25, 0.3) is 0 Å². The van der Waals surface area contributed by atoms with E-state index in [1.54, 1.807) is 0 Å². The van der Waals surface area contributed by atoms with Gasteiger partial charge in [0.15, 0.2) is 17.5 Å². The summed E-state index contributed by atoms with van der Waals surface area (Å²) >= 11 is 6.34. The average Bonchev–Trinajstić information content (AvgIpc) is 3.55. The fourth-order valence-electron chi connectivity index (χ4n) is 7.33. The smallest absolute Gasteiger partial charge is 0.164 e. The zero-order valence-electron chi connectivity index (χ0n) is 26.6. The maximum absolute atomic E-state index is 6.34. The molecule has 0 bridgehead atoms. The molecule has 4 nitrogen and oxygen atoms in total. The number of hydrogen-bond donors (Lipinski definition) is 0. The van der Waals surface area contributed by atoms with E-state index in [0.29, 0.717) is 22.5 Å². The van der Waals surface area contributed by atoms with Crippen LogP contribution in [0.2, 0.25) is 5.02 Å². The maximum Gasteiger partial charge on any atom is 0.164 e. The Morgan fingerprint density at radius 3 is 1.80 bits per heavy atom. The van der Waals surface area contributed by atoms with Crippen molar-refractivity contribution in [1.82, 2.24) is 15.0 Å². The SMILES string of the molecule is Clc1ccc2c(c1)oc1cccc(-c3ccc(-c4nc(-c5ccccc5)nc(-c5cc6ccccc6c6ccccc56)n4)c4ccccc34)c12. The molecule has 0 fully saturated rings. The Bertz CT molecular complexity index is 2950. The predicted octanol–water partition coefficient (Wildman–Crippen LogP) is 12.6. The molecule has 0 saturated carbocycles. The van der Waals surface area contributed by atoms with Crippen LogP contribution in [0.5, 0.6) is 0 Å². The highest BCUT2D eigenvalue weighted by atomic mass is 35.5. The number of benzene rings is 8. The highest BCUT2D eigenvalue weighted by Gasteiger charge is 2.20. The van der Waals surface area contributed by atoms with Crippen LogP contribution in [0.4, 0.5) is 0 Å². The standard InChI is InChI=1S/C45H26ClN3O/c46-29-21-22-38-41(26-29)50-40-20-10-19-36(42(38)40)35-23-24-37(33-17-8-7-16-32(33)35)44-47-43(27-11-2-1-3-12-27)48-45(49-44)39-25-28-13-4-5-14-30(28)31-15-6-9-18-34(31)39/h1-26H. The van der Waals surface area contributed by atoms with E-state index < -0.39 is 0 Å². The van der Waals surface area contributed by atoms with Crippen molar-refractivity contribution in [2.75, 3.05) is 0 Å². The number of furan rings is 1. The zero-order chi connectivity index (χ0) is 33.2. The van der Waals surface area contributed by atoms with Crippen molar-refractivity contribution in [3.8, 4) is 45.3 Å². The second-order valence-corrected chi connectivity index (χ2v) is 12.9. The van der Waals surface area contributed by atoms with Crippen LogP contribution in [0, 0.1) is 0 Å². The summed E-state index contributed by atoms with van der Waals surface area (Å²) in [4.78, 5) is 15.5. The molecule has 5 heteroatoms. The van der Waals surface area contributed by atoms with Gasteiger partial charge in [0.05, 0.1) is 0 Å². The summed E-state index contributed by atoms with van der Waals surface area (Å²) in [5.41, 5.74) is 6.63. The highest BCUT2D eigenvalue weighted by Crippen LogP contribution is 2.42. The van der Waals surface area contributed by atoms with Gasteiger partial charge in [-0.2, -0.15) is 0 Å². The minimum absolute atomic E-state index is 0.621. The van der Waals surface area contributed by atoms with Crippen molar-refractivity contribution < 1.29 is 4.42 Å². The lowest BCUT2D eigenvalue weighted by molar-refractivity contribution is 0.669. The van der Waals surface area contributed by atoms with Crippen LogP contribution < -0.4 is 0 Å². The van der Waals surface area contributed by atoms with E-state index in [1.165, 1.54) is 10.8 Å². The molecule has 2 heterocycles. The third-order valence-corrected chi connectivity index (χ3v) is 9.83. The molecule has 0 spiro atoms. The molecule has 0 N–H and O–H groups in total. The lowest BCUT2D eigenvalue weighted by Gasteiger charge is -2.15. The first-order valence-corrected chi connectivity index (χ1v) is 16.9. The molecule has 0 amide bonds. The van der Waals surface area contributed by atoms with E-state index in [9.17, 15) is 0 Å². The Kier molecular flexibility index (Phi) is 6.51. The summed E-state index contributed by atoms with van der Waals surface area (Å²) in [6.07, 6.45) is 0. The summed E-state index contributed by atoms with van der Waals surface area (Å²) in [5.74, 6) is 1.89. The first-order chi connectivity index (χ1) is 24.7. The Balaban J connectivity index is 1.23. The average molecular weight is 660 g/mol. The summed E-state index contributed by atoms with van der Waals surface area (Å²) in [5, 5.41) is 9.51. The van der Waals surface area contributed by atoms with Gasteiger partial charge in [0.2, 0.25) is 0 Å². The number of fused-ring (bicyclic) bond motifs is 7. The van der Waals surface area contributed by atoms with Gasteiger partial charge < -0.3 is 4.42 Å². The van der Waals surface area contributed by atoms with E-state index >= 15 is 0 Å². The van der Waals surface area contributed by atoms with E-state index in [2.05, 4.69) is 97.1 Å². The molecule has 50 heavy (non-hydrogen) atoms. The van der Waals surface area contributed by atoms with E-state index in [-0.39, 0.29) is 0 Å². The van der Waals surface area contributed by atoms with Crippen LogP contribution in [-0.2, 0) is 0 Å². The molecule has 0 atom stereocenters. The predicted molar refractivity (Wildman–Crippen MR) is 206 cm³/mol. The fraction of sp³-hybridized carbons (Fsp3) is 0. The van der Waals surface area contributed by atoms with Crippen molar-refractivity contribution in [3.05, 3.63) is 163 Å². The summed E-state index contributed by atoms with van der Waals surface area (Å²) in [6, 6.07) is 54.1. The molecular formula is C45H26ClN3O. The van der Waals surface area contributed by atoms with E-state index in [0.717, 1.165) is 71.3 Å². The van der Waals surface area contributed by atoms with Crippen LogP contribution in [0.3, 0.4) is 0 Å². The molecule has 2 aromatic heterocycles. The number of rotatable bonds is 4. The molecule has 0 aliphatic heterocycles. The van der Waals surface area contributed by atoms with Gasteiger partial charge >= 0.3 is 0 Å². The molecule has 0 aliphatic carbocycles. The molecule has 10 rings (SSSR count). The summed E-state index contributed by atoms with van der Waals surface area (Å²) in [7, 11) is 0. The van der Waals surface area contributed by atoms with Gasteiger partial charge in [-0.3, -0.25) is 0 Å². The third kappa shape index (κ3) is 4.57. The van der Waals surface area contributed by atoms with Gasteiger partial charge in [-0.05, 0) is 73.8 Å². The van der Waals surface area contributed by atoms with Gasteiger partial charge in [-0.15, -0.1) is 0 Å². The molecule has 8 aromatic carbocycles. The third-order valence-electron chi connectivity index (χ3n) is 9.59. The Morgan fingerprint density at radius 2 is 1.00 bits per heavy atom. The molecule has 0 saturated heterocycles. The van der Waals surface area contributed by atoms with Gasteiger partial charge in [0.1, 0.15) is 11.2 Å². The number of hydrogen-bond acceptors (Lipinski definition) is 4. The van der Waals surface area contributed by atoms with Crippen LogP contribution in [0.1, 0.15) is 0 Å². The van der Waals surface area contributed by atoms with Crippen LogP contribution in [0.25, 0.3) is 99.5 Å². The van der Waals surface area contributed by atoms with Crippen LogP contribution in [0.15, 0.2) is 162 Å².